The van der Waals surface area contributed by atoms with E-state index in [-0.39, 0.29) is 24.2 Å². The number of rotatable bonds is 6. The molecule has 4 rings (SSSR count). The third-order valence-corrected chi connectivity index (χ3v) is 6.86. The summed E-state index contributed by atoms with van der Waals surface area (Å²) < 4.78 is 5.81. The number of anilines is 1. The number of aromatic nitrogens is 3. The molecule has 2 fully saturated rings. The van der Waals surface area contributed by atoms with E-state index in [0.29, 0.717) is 22.3 Å². The Balaban J connectivity index is 1.64. The zero-order chi connectivity index (χ0) is 21.5. The second-order valence-corrected chi connectivity index (χ2v) is 9.19. The maximum Gasteiger partial charge on any atom is 0.233 e. The lowest BCUT2D eigenvalue weighted by Gasteiger charge is -2.42. The molecular formula is C22H30ClN5O2. The van der Waals surface area contributed by atoms with Crippen LogP contribution < -0.4 is 15.4 Å². The van der Waals surface area contributed by atoms with Crippen LogP contribution in [0.5, 0.6) is 5.88 Å². The van der Waals surface area contributed by atoms with Crippen molar-refractivity contribution < 1.29 is 9.84 Å². The Morgan fingerprint density at radius 2 is 2.03 bits per heavy atom. The number of hydrogen-bond donors (Lipinski definition) is 2. The number of pyridine rings is 1. The summed E-state index contributed by atoms with van der Waals surface area (Å²) >= 11 is 6.59. The van der Waals surface area contributed by atoms with Crippen molar-refractivity contribution in [3.63, 3.8) is 0 Å². The number of aliphatic hydroxyl groups excluding tert-OH is 1. The van der Waals surface area contributed by atoms with Gasteiger partial charge in [0.1, 0.15) is 16.8 Å². The van der Waals surface area contributed by atoms with E-state index in [4.69, 9.17) is 32.0 Å². The van der Waals surface area contributed by atoms with Crippen LogP contribution in [0.4, 0.5) is 5.82 Å². The van der Waals surface area contributed by atoms with Gasteiger partial charge in [-0.1, -0.05) is 18.5 Å². The summed E-state index contributed by atoms with van der Waals surface area (Å²) in [7, 11) is 0. The lowest BCUT2D eigenvalue weighted by molar-refractivity contribution is 0.204. The lowest BCUT2D eigenvalue weighted by atomic mass is 9.75. The van der Waals surface area contributed by atoms with Crippen molar-refractivity contribution >= 4 is 17.4 Å². The number of aliphatic hydroxyl groups is 1. The molecule has 30 heavy (non-hydrogen) atoms. The minimum Gasteiger partial charge on any atom is -0.473 e. The highest BCUT2D eigenvalue weighted by molar-refractivity contribution is 6.34. The molecule has 0 spiro atoms. The Labute approximate surface area is 182 Å². The number of nitrogens with zero attached hydrogens (tertiary/aromatic N) is 4. The van der Waals surface area contributed by atoms with Gasteiger partial charge in [0.15, 0.2) is 5.82 Å². The number of nitrogens with two attached hydrogens (primary N) is 1. The number of piperidine rings is 1. The van der Waals surface area contributed by atoms with Gasteiger partial charge in [-0.05, 0) is 51.0 Å². The molecule has 0 amide bonds. The quantitative estimate of drug-likeness (QED) is 0.722. The minimum absolute atomic E-state index is 0.126. The molecule has 1 saturated heterocycles. The molecule has 1 unspecified atom stereocenters. The molecule has 162 valence electrons. The van der Waals surface area contributed by atoms with E-state index >= 15 is 0 Å². The van der Waals surface area contributed by atoms with Gasteiger partial charge in [-0.15, -0.1) is 0 Å². The maximum absolute atomic E-state index is 10.0. The number of ether oxygens (including phenoxy) is 1. The summed E-state index contributed by atoms with van der Waals surface area (Å²) in [6, 6.07) is 1.96. The fraction of sp³-hybridized carbons (Fsp3) is 0.591. The van der Waals surface area contributed by atoms with Crippen LogP contribution in [-0.2, 0) is 6.61 Å². The van der Waals surface area contributed by atoms with E-state index in [1.54, 1.807) is 6.20 Å². The molecule has 1 saturated carbocycles. The van der Waals surface area contributed by atoms with E-state index in [2.05, 4.69) is 23.7 Å². The van der Waals surface area contributed by atoms with Crippen molar-refractivity contribution in [3.8, 4) is 17.1 Å². The van der Waals surface area contributed by atoms with Crippen LogP contribution >= 0.6 is 11.6 Å². The second kappa shape index (κ2) is 8.29. The van der Waals surface area contributed by atoms with Crippen LogP contribution in [0, 0.1) is 12.3 Å². The predicted molar refractivity (Wildman–Crippen MR) is 118 cm³/mol. The molecule has 2 aromatic rings. The standard InChI is InChI=1S/C22H30ClN5O2/c1-13-19(16-6-9-25-21(18(16)23)30-15-4-5-15)27-17(12-29)20(26-13)28-10-7-22(3,8-11-28)14(2)24/h6,9,14-15,29H,4-5,7-8,10-12,24H2,1-3H3. The molecule has 8 heteroatoms. The molecule has 2 aliphatic rings. The first kappa shape index (κ1) is 21.3. The van der Waals surface area contributed by atoms with Crippen molar-refractivity contribution in [2.45, 2.75) is 65.2 Å². The Morgan fingerprint density at radius 3 is 2.63 bits per heavy atom. The number of hydrogen-bond acceptors (Lipinski definition) is 7. The van der Waals surface area contributed by atoms with Crippen LogP contribution in [0.2, 0.25) is 5.02 Å². The van der Waals surface area contributed by atoms with Crippen molar-refractivity contribution in [2.75, 3.05) is 18.0 Å². The zero-order valence-electron chi connectivity index (χ0n) is 17.9. The van der Waals surface area contributed by atoms with Gasteiger partial charge in [0, 0.05) is 30.9 Å². The van der Waals surface area contributed by atoms with Gasteiger partial charge >= 0.3 is 0 Å². The van der Waals surface area contributed by atoms with Gasteiger partial charge in [0.25, 0.3) is 0 Å². The smallest absolute Gasteiger partial charge is 0.233 e. The summed E-state index contributed by atoms with van der Waals surface area (Å²) in [6.45, 7) is 7.73. The summed E-state index contributed by atoms with van der Waals surface area (Å²) in [5.41, 5.74) is 9.00. The van der Waals surface area contributed by atoms with Gasteiger partial charge in [-0.25, -0.2) is 15.0 Å². The molecule has 1 aliphatic carbocycles. The summed E-state index contributed by atoms with van der Waals surface area (Å²) in [6.07, 6.45) is 5.90. The van der Waals surface area contributed by atoms with Crippen LogP contribution in [-0.4, -0.2) is 45.3 Å². The molecule has 3 heterocycles. The topological polar surface area (TPSA) is 97.4 Å². The molecule has 2 aromatic heterocycles. The van der Waals surface area contributed by atoms with Gasteiger partial charge in [0.05, 0.1) is 18.0 Å². The Hall–Kier alpha value is -1.96. The highest BCUT2D eigenvalue weighted by Gasteiger charge is 2.34. The number of halogens is 1. The third kappa shape index (κ3) is 4.11. The predicted octanol–water partition coefficient (Wildman–Crippen LogP) is 3.49. The van der Waals surface area contributed by atoms with Crippen molar-refractivity contribution in [1.82, 2.24) is 15.0 Å². The second-order valence-electron chi connectivity index (χ2n) is 8.81. The Kier molecular flexibility index (Phi) is 5.88. The minimum atomic E-state index is -0.190. The molecule has 0 radical (unpaired) electrons. The third-order valence-electron chi connectivity index (χ3n) is 6.49. The Morgan fingerprint density at radius 1 is 1.33 bits per heavy atom. The van der Waals surface area contributed by atoms with Crippen LogP contribution in [0.25, 0.3) is 11.3 Å². The monoisotopic (exact) mass is 431 g/mol. The first-order valence-corrected chi connectivity index (χ1v) is 11.0. The van der Waals surface area contributed by atoms with Crippen molar-refractivity contribution in [3.05, 3.63) is 28.7 Å². The molecule has 7 nitrogen and oxygen atoms in total. The largest absolute Gasteiger partial charge is 0.473 e. The highest BCUT2D eigenvalue weighted by atomic mass is 35.5. The van der Waals surface area contributed by atoms with E-state index in [1.807, 2.05) is 13.0 Å². The fourth-order valence-corrected chi connectivity index (χ4v) is 4.12. The van der Waals surface area contributed by atoms with Crippen molar-refractivity contribution in [2.24, 2.45) is 11.1 Å². The summed E-state index contributed by atoms with van der Waals surface area (Å²) in [4.78, 5) is 16.1. The molecule has 1 atom stereocenters. The van der Waals surface area contributed by atoms with Gasteiger partial charge in [-0.3, -0.25) is 0 Å². The first-order chi connectivity index (χ1) is 14.3. The average Bonchev–Trinajstić information content (AvgIpc) is 3.54. The van der Waals surface area contributed by atoms with Crippen LogP contribution in [0.1, 0.15) is 50.9 Å². The van der Waals surface area contributed by atoms with E-state index in [9.17, 15) is 5.11 Å². The van der Waals surface area contributed by atoms with Gasteiger partial charge < -0.3 is 20.5 Å². The maximum atomic E-state index is 10.0. The Bertz CT molecular complexity index is 924. The van der Waals surface area contributed by atoms with Crippen molar-refractivity contribution in [1.29, 1.82) is 0 Å². The lowest BCUT2D eigenvalue weighted by Crippen LogP contribution is -2.47. The normalized spacial score (nSPS) is 19.6. The van der Waals surface area contributed by atoms with E-state index in [1.165, 1.54) is 0 Å². The van der Waals surface area contributed by atoms with Crippen LogP contribution in [0.3, 0.4) is 0 Å². The van der Waals surface area contributed by atoms with E-state index < -0.39 is 0 Å². The summed E-state index contributed by atoms with van der Waals surface area (Å²) in [5.74, 6) is 1.17. The molecule has 0 bridgehead atoms. The molecular weight excluding hydrogens is 402 g/mol. The van der Waals surface area contributed by atoms with E-state index in [0.717, 1.165) is 55.8 Å². The first-order valence-electron chi connectivity index (χ1n) is 10.6. The number of aryl methyl sites for hydroxylation is 1. The molecule has 1 aliphatic heterocycles. The average molecular weight is 432 g/mol. The highest BCUT2D eigenvalue weighted by Crippen LogP contribution is 2.39. The van der Waals surface area contributed by atoms with Crippen LogP contribution in [0.15, 0.2) is 12.3 Å². The summed E-state index contributed by atoms with van der Waals surface area (Å²) in [5, 5.41) is 10.5. The fourth-order valence-electron chi connectivity index (χ4n) is 3.87. The SMILES string of the molecule is Cc1nc(N2CCC(C)(C(C)N)CC2)c(CO)nc1-c1ccnc(OC2CC2)c1Cl. The molecule has 3 N–H and O–H groups in total. The van der Waals surface area contributed by atoms with Gasteiger partial charge in [-0.2, -0.15) is 0 Å². The molecule has 0 aromatic carbocycles. The zero-order valence-corrected chi connectivity index (χ0v) is 18.6. The van der Waals surface area contributed by atoms with Gasteiger partial charge in [0.2, 0.25) is 5.88 Å².